The van der Waals surface area contributed by atoms with Gasteiger partial charge in [-0.1, -0.05) is 17.7 Å². The molecule has 20 heavy (non-hydrogen) atoms. The normalized spacial score (nSPS) is 9.90. The zero-order chi connectivity index (χ0) is 14.5. The average molecular weight is 291 g/mol. The van der Waals surface area contributed by atoms with Gasteiger partial charge in [0.1, 0.15) is 17.6 Å². The number of nitrogens with one attached hydrogen (secondary N) is 1. The van der Waals surface area contributed by atoms with Crippen LogP contribution in [0.25, 0.3) is 0 Å². The van der Waals surface area contributed by atoms with Crippen LogP contribution in [0.5, 0.6) is 5.75 Å². The van der Waals surface area contributed by atoms with Gasteiger partial charge in [0.15, 0.2) is 0 Å². The summed E-state index contributed by atoms with van der Waals surface area (Å²) in [5, 5.41) is 12.4. The fourth-order valence-corrected chi connectivity index (χ4v) is 2.03. The Labute approximate surface area is 121 Å². The Balaban J connectivity index is 2.13. The molecule has 0 aromatic heterocycles. The van der Waals surface area contributed by atoms with Crippen molar-refractivity contribution in [1.29, 1.82) is 5.26 Å². The molecule has 0 unspecified atom stereocenters. The van der Waals surface area contributed by atoms with Crippen LogP contribution in [-0.2, 0) is 6.54 Å². The van der Waals surface area contributed by atoms with Gasteiger partial charge in [0.2, 0.25) is 0 Å². The zero-order valence-corrected chi connectivity index (χ0v) is 11.5. The van der Waals surface area contributed by atoms with Gasteiger partial charge in [0.05, 0.1) is 12.7 Å². The van der Waals surface area contributed by atoms with Crippen molar-refractivity contribution in [3.05, 3.63) is 58.4 Å². The van der Waals surface area contributed by atoms with Crippen molar-refractivity contribution < 1.29 is 9.13 Å². The van der Waals surface area contributed by atoms with Gasteiger partial charge in [-0.3, -0.25) is 0 Å². The molecule has 5 heteroatoms. The summed E-state index contributed by atoms with van der Waals surface area (Å²) in [6, 6.07) is 11.6. The molecule has 0 saturated heterocycles. The van der Waals surface area contributed by atoms with Gasteiger partial charge in [-0.05, 0) is 35.9 Å². The number of halogens is 2. The van der Waals surface area contributed by atoms with Crippen molar-refractivity contribution in [2.24, 2.45) is 0 Å². The summed E-state index contributed by atoms with van der Waals surface area (Å²) in [4.78, 5) is 0. The first-order chi connectivity index (χ1) is 9.62. The number of rotatable bonds is 4. The predicted molar refractivity (Wildman–Crippen MR) is 76.4 cm³/mol. The topological polar surface area (TPSA) is 45.0 Å². The van der Waals surface area contributed by atoms with Crippen molar-refractivity contribution in [3.63, 3.8) is 0 Å². The maximum atomic E-state index is 13.2. The highest BCUT2D eigenvalue weighted by Crippen LogP contribution is 2.21. The van der Waals surface area contributed by atoms with Gasteiger partial charge in [-0.2, -0.15) is 5.26 Å². The first-order valence-electron chi connectivity index (χ1n) is 5.89. The molecule has 0 spiro atoms. The van der Waals surface area contributed by atoms with E-state index < -0.39 is 5.82 Å². The Morgan fingerprint density at radius 3 is 2.75 bits per heavy atom. The number of nitriles is 1. The lowest BCUT2D eigenvalue weighted by molar-refractivity contribution is 0.413. The number of hydrogen-bond donors (Lipinski definition) is 1. The third kappa shape index (κ3) is 3.40. The van der Waals surface area contributed by atoms with Crippen LogP contribution in [0.2, 0.25) is 5.02 Å². The van der Waals surface area contributed by atoms with Crippen molar-refractivity contribution in [3.8, 4) is 11.8 Å². The van der Waals surface area contributed by atoms with Crippen LogP contribution in [0, 0.1) is 17.1 Å². The molecule has 2 aromatic carbocycles. The van der Waals surface area contributed by atoms with Crippen LogP contribution in [0.4, 0.5) is 10.1 Å². The summed E-state index contributed by atoms with van der Waals surface area (Å²) in [7, 11) is 1.52. The molecule has 0 aliphatic rings. The highest BCUT2D eigenvalue weighted by atomic mass is 35.5. The minimum atomic E-state index is -0.396. The number of ether oxygens (including phenoxy) is 1. The Morgan fingerprint density at radius 2 is 2.10 bits per heavy atom. The van der Waals surface area contributed by atoms with Crippen molar-refractivity contribution in [1.82, 2.24) is 0 Å². The van der Waals surface area contributed by atoms with E-state index in [0.717, 1.165) is 5.56 Å². The second-order valence-corrected chi connectivity index (χ2v) is 4.59. The van der Waals surface area contributed by atoms with Gasteiger partial charge < -0.3 is 10.1 Å². The second kappa shape index (κ2) is 6.27. The van der Waals surface area contributed by atoms with Gasteiger partial charge in [-0.25, -0.2) is 4.39 Å². The lowest BCUT2D eigenvalue weighted by Gasteiger charge is -2.09. The van der Waals surface area contributed by atoms with Crippen molar-refractivity contribution in [2.45, 2.75) is 6.54 Å². The first kappa shape index (κ1) is 14.2. The van der Waals surface area contributed by atoms with Crippen LogP contribution in [-0.4, -0.2) is 7.11 Å². The summed E-state index contributed by atoms with van der Waals surface area (Å²) < 4.78 is 18.3. The number of methoxy groups -OCH3 is 1. The van der Waals surface area contributed by atoms with Gasteiger partial charge >= 0.3 is 0 Å². The zero-order valence-electron chi connectivity index (χ0n) is 10.8. The van der Waals surface area contributed by atoms with Crippen LogP contribution in [0.1, 0.15) is 11.1 Å². The van der Waals surface area contributed by atoms with Gasteiger partial charge in [0, 0.05) is 17.3 Å². The molecular formula is C15H12ClFN2O. The SMILES string of the molecule is COc1ccc(CNc2cc(F)cc(Cl)c2)cc1C#N. The molecule has 102 valence electrons. The van der Waals surface area contributed by atoms with E-state index in [4.69, 9.17) is 21.6 Å². The molecular weight excluding hydrogens is 279 g/mol. The van der Waals surface area contributed by atoms with E-state index in [1.165, 1.54) is 19.2 Å². The fourth-order valence-electron chi connectivity index (χ4n) is 1.81. The number of nitrogens with zero attached hydrogens (tertiary/aromatic N) is 1. The molecule has 0 fully saturated rings. The summed E-state index contributed by atoms with van der Waals surface area (Å²) in [5.74, 6) is 0.137. The molecule has 2 aromatic rings. The third-order valence-corrected chi connectivity index (χ3v) is 2.96. The van der Waals surface area contributed by atoms with E-state index >= 15 is 0 Å². The number of benzene rings is 2. The monoisotopic (exact) mass is 290 g/mol. The molecule has 0 aliphatic carbocycles. The molecule has 0 bridgehead atoms. The highest BCUT2D eigenvalue weighted by Gasteiger charge is 2.04. The quantitative estimate of drug-likeness (QED) is 0.926. The molecule has 0 radical (unpaired) electrons. The maximum absolute atomic E-state index is 13.2. The molecule has 3 nitrogen and oxygen atoms in total. The van der Waals surface area contributed by atoms with Crippen molar-refractivity contribution in [2.75, 3.05) is 12.4 Å². The van der Waals surface area contributed by atoms with Crippen molar-refractivity contribution >= 4 is 17.3 Å². The molecule has 0 aliphatic heterocycles. The van der Waals surface area contributed by atoms with Crippen LogP contribution in [0.3, 0.4) is 0 Å². The standard InChI is InChI=1S/C15H12ClFN2O/c1-20-15-3-2-10(4-11(15)8-18)9-19-14-6-12(16)5-13(17)7-14/h2-7,19H,9H2,1H3. The fraction of sp³-hybridized carbons (Fsp3) is 0.133. The Hall–Kier alpha value is -2.25. The molecule has 2 rings (SSSR count). The van der Waals surface area contributed by atoms with E-state index in [1.807, 2.05) is 6.07 Å². The smallest absolute Gasteiger partial charge is 0.136 e. The summed E-state index contributed by atoms with van der Waals surface area (Å²) in [5.41, 5.74) is 1.94. The lowest BCUT2D eigenvalue weighted by atomic mass is 10.1. The average Bonchev–Trinajstić information content (AvgIpc) is 2.43. The summed E-state index contributed by atoms with van der Waals surface area (Å²) in [6.45, 7) is 0.457. The minimum absolute atomic E-state index is 0.333. The lowest BCUT2D eigenvalue weighted by Crippen LogP contribution is -2.00. The van der Waals surface area contributed by atoms with Crippen LogP contribution < -0.4 is 10.1 Å². The highest BCUT2D eigenvalue weighted by molar-refractivity contribution is 6.30. The molecule has 0 saturated carbocycles. The van der Waals surface area contributed by atoms with Gasteiger partial charge in [0.25, 0.3) is 0 Å². The molecule has 0 atom stereocenters. The second-order valence-electron chi connectivity index (χ2n) is 4.16. The molecule has 0 heterocycles. The largest absolute Gasteiger partial charge is 0.495 e. The predicted octanol–water partition coefficient (Wildman–Crippen LogP) is 3.97. The van der Waals surface area contributed by atoms with E-state index in [2.05, 4.69) is 11.4 Å². The Morgan fingerprint density at radius 1 is 1.30 bits per heavy atom. The van der Waals surface area contributed by atoms with E-state index in [9.17, 15) is 4.39 Å². The van der Waals surface area contributed by atoms with Gasteiger partial charge in [-0.15, -0.1) is 0 Å². The molecule has 1 N–H and O–H groups in total. The van der Waals surface area contributed by atoms with E-state index in [-0.39, 0.29) is 0 Å². The first-order valence-corrected chi connectivity index (χ1v) is 6.27. The minimum Gasteiger partial charge on any atom is -0.495 e. The van der Waals surface area contributed by atoms with Crippen LogP contribution >= 0.6 is 11.6 Å². The van der Waals surface area contributed by atoms with E-state index in [1.54, 1.807) is 18.2 Å². The van der Waals surface area contributed by atoms with Crippen LogP contribution in [0.15, 0.2) is 36.4 Å². The summed E-state index contributed by atoms with van der Waals surface area (Å²) in [6.07, 6.45) is 0. The molecule has 0 amide bonds. The third-order valence-electron chi connectivity index (χ3n) is 2.74. The Kier molecular flexibility index (Phi) is 4.44. The maximum Gasteiger partial charge on any atom is 0.136 e. The summed E-state index contributed by atoms with van der Waals surface area (Å²) >= 11 is 5.78. The number of anilines is 1. The Bertz CT molecular complexity index is 647. The number of hydrogen-bond acceptors (Lipinski definition) is 3. The van der Waals surface area contributed by atoms with E-state index in [0.29, 0.717) is 28.6 Å².